The average molecular weight is 614 g/mol. The van der Waals surface area contributed by atoms with Crippen molar-refractivity contribution in [3.63, 3.8) is 0 Å². The van der Waals surface area contributed by atoms with Crippen molar-refractivity contribution >= 4 is 63.5 Å². The molecule has 5 aromatic rings. The van der Waals surface area contributed by atoms with Gasteiger partial charge in [-0.25, -0.2) is 0 Å². The van der Waals surface area contributed by atoms with Gasteiger partial charge in [-0.15, -0.1) is 11.8 Å². The van der Waals surface area contributed by atoms with Gasteiger partial charge in [-0.2, -0.15) is 0 Å². The van der Waals surface area contributed by atoms with E-state index < -0.39 is 17.1 Å². The van der Waals surface area contributed by atoms with Crippen LogP contribution in [-0.2, 0) is 9.59 Å². The molecule has 1 atom stereocenters. The molecule has 0 aliphatic heterocycles. The summed E-state index contributed by atoms with van der Waals surface area (Å²) in [6.45, 7) is 3.30. The van der Waals surface area contributed by atoms with Crippen molar-refractivity contribution in [2.75, 3.05) is 10.6 Å². The van der Waals surface area contributed by atoms with E-state index in [9.17, 15) is 19.2 Å². The van der Waals surface area contributed by atoms with Crippen LogP contribution in [0.25, 0.3) is 16.8 Å². The molecule has 3 N–H and O–H groups in total. The Hall–Kier alpha value is -5.47. The zero-order valence-electron chi connectivity index (χ0n) is 24.7. The Morgan fingerprint density at radius 1 is 0.667 bits per heavy atom. The van der Waals surface area contributed by atoms with Gasteiger partial charge in [0.25, 0.3) is 11.8 Å². The number of amides is 3. The van der Waals surface area contributed by atoms with Crippen LogP contribution in [0.4, 0.5) is 11.4 Å². The van der Waals surface area contributed by atoms with Gasteiger partial charge < -0.3 is 16.0 Å². The summed E-state index contributed by atoms with van der Waals surface area (Å²) in [4.78, 5) is 51.7. The fraction of sp³-hybridized carbons (Fsp3) is 0.0811. The van der Waals surface area contributed by atoms with Gasteiger partial charge in [0.05, 0.1) is 5.25 Å². The molecule has 0 fully saturated rings. The number of thioether (sulfide) groups is 1. The van der Waals surface area contributed by atoms with Crippen molar-refractivity contribution in [3.05, 3.63) is 144 Å². The highest BCUT2D eigenvalue weighted by Gasteiger charge is 2.17. The van der Waals surface area contributed by atoms with Crippen LogP contribution >= 0.6 is 11.8 Å². The van der Waals surface area contributed by atoms with E-state index >= 15 is 0 Å². The third-order valence-electron chi connectivity index (χ3n) is 7.01. The highest BCUT2D eigenvalue weighted by molar-refractivity contribution is 8.00. The molecule has 7 nitrogen and oxygen atoms in total. The summed E-state index contributed by atoms with van der Waals surface area (Å²) in [6, 6.07) is 36.3. The van der Waals surface area contributed by atoms with Gasteiger partial charge >= 0.3 is 0 Å². The molecule has 5 aromatic carbocycles. The molecule has 0 bridgehead atoms. The molecule has 0 saturated heterocycles. The SMILES string of the molecule is CC(=O)c1ccc(NC(=O)C(C)Sc2ccc(NC(=O)/C(=C/c3cccc4ccccc34)NC(=O)c3ccccc3)cc2)cc1. The number of ketones is 1. The molecular weight excluding hydrogens is 582 g/mol. The van der Waals surface area contributed by atoms with Crippen molar-refractivity contribution in [1.29, 1.82) is 0 Å². The Bertz CT molecular complexity index is 1880. The minimum atomic E-state index is -0.476. The number of rotatable bonds is 10. The lowest BCUT2D eigenvalue weighted by molar-refractivity contribution is -0.115. The molecule has 0 saturated carbocycles. The Balaban J connectivity index is 1.28. The second kappa shape index (κ2) is 14.3. The van der Waals surface area contributed by atoms with Gasteiger partial charge in [0, 0.05) is 27.4 Å². The molecule has 224 valence electrons. The normalized spacial score (nSPS) is 11.8. The summed E-state index contributed by atoms with van der Waals surface area (Å²) in [7, 11) is 0. The van der Waals surface area contributed by atoms with E-state index in [0.717, 1.165) is 21.2 Å². The minimum absolute atomic E-state index is 0.0366. The standard InChI is InChI=1S/C37H31N3O4S/c1-24(41)26-15-17-30(18-16-26)38-35(42)25(2)45-32-21-19-31(20-22-32)39-37(44)34(40-36(43)28-10-4-3-5-11-28)23-29-13-8-12-27-9-6-7-14-33(27)29/h3-23,25H,1-2H3,(H,38,42)(H,39,44)(H,40,43)/b34-23-. The van der Waals surface area contributed by atoms with Gasteiger partial charge in [0.1, 0.15) is 5.70 Å². The van der Waals surface area contributed by atoms with Crippen molar-refractivity contribution < 1.29 is 19.2 Å². The fourth-order valence-corrected chi connectivity index (χ4v) is 5.45. The van der Waals surface area contributed by atoms with Gasteiger partial charge in [-0.05, 0) is 96.9 Å². The molecular formula is C37H31N3O4S. The Kier molecular flexibility index (Phi) is 9.87. The fourth-order valence-electron chi connectivity index (χ4n) is 4.58. The topological polar surface area (TPSA) is 104 Å². The van der Waals surface area contributed by atoms with E-state index in [-0.39, 0.29) is 17.4 Å². The number of fused-ring (bicyclic) bond motifs is 1. The summed E-state index contributed by atoms with van der Waals surface area (Å²) < 4.78 is 0. The number of nitrogens with one attached hydrogen (secondary N) is 3. The van der Waals surface area contributed by atoms with Gasteiger partial charge in [-0.1, -0.05) is 60.7 Å². The zero-order chi connectivity index (χ0) is 31.8. The maximum Gasteiger partial charge on any atom is 0.272 e. The van der Waals surface area contributed by atoms with Gasteiger partial charge in [0.2, 0.25) is 5.91 Å². The van der Waals surface area contributed by atoms with Crippen LogP contribution < -0.4 is 16.0 Å². The van der Waals surface area contributed by atoms with Crippen LogP contribution in [0.3, 0.4) is 0 Å². The first-order valence-corrected chi connectivity index (χ1v) is 15.2. The second-order valence-corrected chi connectivity index (χ2v) is 11.7. The maximum absolute atomic E-state index is 13.5. The van der Waals surface area contributed by atoms with Gasteiger partial charge in [-0.3, -0.25) is 19.2 Å². The summed E-state index contributed by atoms with van der Waals surface area (Å²) in [5.74, 6) is -1.09. The average Bonchev–Trinajstić information content (AvgIpc) is 3.06. The van der Waals surface area contributed by atoms with E-state index in [0.29, 0.717) is 22.5 Å². The summed E-state index contributed by atoms with van der Waals surface area (Å²) in [5, 5.41) is 10.1. The summed E-state index contributed by atoms with van der Waals surface area (Å²) >= 11 is 1.37. The zero-order valence-corrected chi connectivity index (χ0v) is 25.6. The van der Waals surface area contributed by atoms with Crippen molar-refractivity contribution in [1.82, 2.24) is 5.32 Å². The van der Waals surface area contributed by atoms with Crippen LogP contribution in [0.15, 0.2) is 132 Å². The largest absolute Gasteiger partial charge is 0.325 e. The highest BCUT2D eigenvalue weighted by atomic mass is 32.2. The smallest absolute Gasteiger partial charge is 0.272 e. The number of hydrogen-bond acceptors (Lipinski definition) is 5. The van der Waals surface area contributed by atoms with Crippen molar-refractivity contribution in [3.8, 4) is 0 Å². The number of hydrogen-bond donors (Lipinski definition) is 3. The Morgan fingerprint density at radius 2 is 1.29 bits per heavy atom. The molecule has 0 aromatic heterocycles. The molecule has 45 heavy (non-hydrogen) atoms. The van der Waals surface area contributed by atoms with E-state index in [4.69, 9.17) is 0 Å². The number of carbonyl (C=O) groups excluding carboxylic acids is 4. The molecule has 0 aliphatic carbocycles. The molecule has 3 amide bonds. The number of anilines is 2. The monoisotopic (exact) mass is 613 g/mol. The first kappa shape index (κ1) is 31.0. The van der Waals surface area contributed by atoms with Crippen LogP contribution in [-0.4, -0.2) is 28.8 Å². The predicted octanol–water partition coefficient (Wildman–Crippen LogP) is 7.57. The molecule has 0 aliphatic rings. The minimum Gasteiger partial charge on any atom is -0.325 e. The molecule has 0 heterocycles. The molecule has 8 heteroatoms. The van der Waals surface area contributed by atoms with Crippen LogP contribution in [0.2, 0.25) is 0 Å². The van der Waals surface area contributed by atoms with E-state index in [2.05, 4.69) is 16.0 Å². The first-order valence-electron chi connectivity index (χ1n) is 14.3. The van der Waals surface area contributed by atoms with Crippen LogP contribution in [0, 0.1) is 0 Å². The molecule has 1 unspecified atom stereocenters. The highest BCUT2D eigenvalue weighted by Crippen LogP contribution is 2.26. The van der Waals surface area contributed by atoms with Gasteiger partial charge in [0.15, 0.2) is 5.78 Å². The maximum atomic E-state index is 13.5. The third-order valence-corrected chi connectivity index (χ3v) is 8.12. The van der Waals surface area contributed by atoms with Crippen molar-refractivity contribution in [2.24, 2.45) is 0 Å². The Morgan fingerprint density at radius 3 is 2.00 bits per heavy atom. The first-order chi connectivity index (χ1) is 21.8. The third kappa shape index (κ3) is 8.13. The van der Waals surface area contributed by atoms with Crippen LogP contribution in [0.1, 0.15) is 40.1 Å². The summed E-state index contributed by atoms with van der Waals surface area (Å²) in [6.07, 6.45) is 1.68. The lowest BCUT2D eigenvalue weighted by Crippen LogP contribution is -2.30. The number of benzene rings is 5. The quantitative estimate of drug-likeness (QED) is 0.0856. The molecule has 5 rings (SSSR count). The van der Waals surface area contributed by atoms with Crippen LogP contribution in [0.5, 0.6) is 0 Å². The summed E-state index contributed by atoms with van der Waals surface area (Å²) in [5.41, 5.74) is 3.05. The van der Waals surface area contributed by atoms with E-state index in [1.54, 1.807) is 73.7 Å². The number of carbonyl (C=O) groups is 4. The van der Waals surface area contributed by atoms with E-state index in [1.807, 2.05) is 60.7 Å². The number of Topliss-reactive ketones (excluding diaryl/α,β-unsaturated/α-hetero) is 1. The van der Waals surface area contributed by atoms with E-state index in [1.165, 1.54) is 18.7 Å². The Labute approximate surface area is 265 Å². The molecule has 0 spiro atoms. The molecule has 0 radical (unpaired) electrons. The van der Waals surface area contributed by atoms with Crippen molar-refractivity contribution in [2.45, 2.75) is 24.0 Å². The lowest BCUT2D eigenvalue weighted by Gasteiger charge is -2.14. The predicted molar refractivity (Wildman–Crippen MR) is 181 cm³/mol. The lowest BCUT2D eigenvalue weighted by atomic mass is 10.0. The second-order valence-electron chi connectivity index (χ2n) is 10.3.